The highest BCUT2D eigenvalue weighted by Gasteiger charge is 2.13. The normalized spacial score (nSPS) is 15.7. The van der Waals surface area contributed by atoms with E-state index >= 15 is 0 Å². The molecule has 1 saturated heterocycles. The van der Waals surface area contributed by atoms with E-state index in [1.807, 2.05) is 24.3 Å². The molecule has 0 amide bonds. The van der Waals surface area contributed by atoms with Crippen LogP contribution in [-0.2, 0) is 20.9 Å². The van der Waals surface area contributed by atoms with Gasteiger partial charge in [-0.05, 0) is 43.6 Å². The standard InChI is InChI=1S/C16H23NO4/c1-19-14-4-2-13(3-5-14)12-21-16(18)8-11-20-15-6-9-17-10-7-15/h2-5,15,17H,6-12H2,1H3. The van der Waals surface area contributed by atoms with Crippen LogP contribution < -0.4 is 10.1 Å². The maximum absolute atomic E-state index is 11.6. The van der Waals surface area contributed by atoms with Crippen molar-refractivity contribution in [1.29, 1.82) is 0 Å². The van der Waals surface area contributed by atoms with Gasteiger partial charge in [-0.3, -0.25) is 4.79 Å². The van der Waals surface area contributed by atoms with Crippen LogP contribution in [0.1, 0.15) is 24.8 Å². The Morgan fingerprint density at radius 3 is 2.62 bits per heavy atom. The molecule has 1 heterocycles. The predicted octanol–water partition coefficient (Wildman–Crippen LogP) is 1.90. The van der Waals surface area contributed by atoms with Crippen LogP contribution in [0.25, 0.3) is 0 Å². The lowest BCUT2D eigenvalue weighted by Crippen LogP contribution is -2.32. The molecule has 1 fully saturated rings. The minimum Gasteiger partial charge on any atom is -0.497 e. The number of ether oxygens (including phenoxy) is 3. The van der Waals surface area contributed by atoms with E-state index in [1.54, 1.807) is 7.11 Å². The highest BCUT2D eigenvalue weighted by Crippen LogP contribution is 2.12. The van der Waals surface area contributed by atoms with E-state index in [1.165, 1.54) is 0 Å². The molecule has 1 aliphatic rings. The molecule has 5 heteroatoms. The largest absolute Gasteiger partial charge is 0.497 e. The molecule has 0 atom stereocenters. The zero-order valence-electron chi connectivity index (χ0n) is 12.5. The van der Waals surface area contributed by atoms with E-state index in [9.17, 15) is 4.79 Å². The van der Waals surface area contributed by atoms with Gasteiger partial charge >= 0.3 is 5.97 Å². The molecule has 5 nitrogen and oxygen atoms in total. The molecule has 0 spiro atoms. The van der Waals surface area contributed by atoms with Gasteiger partial charge in [0, 0.05) is 0 Å². The summed E-state index contributed by atoms with van der Waals surface area (Å²) in [6, 6.07) is 7.47. The molecule has 0 saturated carbocycles. The maximum atomic E-state index is 11.6. The third-order valence-electron chi connectivity index (χ3n) is 3.50. The van der Waals surface area contributed by atoms with Crippen molar-refractivity contribution >= 4 is 5.97 Å². The quantitative estimate of drug-likeness (QED) is 0.778. The number of hydrogen-bond donors (Lipinski definition) is 1. The number of carbonyl (C=O) groups is 1. The predicted molar refractivity (Wildman–Crippen MR) is 79.3 cm³/mol. The summed E-state index contributed by atoms with van der Waals surface area (Å²) in [4.78, 5) is 11.6. The van der Waals surface area contributed by atoms with Gasteiger partial charge in [0.1, 0.15) is 12.4 Å². The summed E-state index contributed by atoms with van der Waals surface area (Å²) < 4.78 is 16.0. The molecular weight excluding hydrogens is 270 g/mol. The fourth-order valence-corrected chi connectivity index (χ4v) is 2.23. The van der Waals surface area contributed by atoms with Crippen LogP contribution in [0, 0.1) is 0 Å². The van der Waals surface area contributed by atoms with Gasteiger partial charge in [0.15, 0.2) is 0 Å². The number of rotatable bonds is 7. The lowest BCUT2D eigenvalue weighted by molar-refractivity contribution is -0.146. The van der Waals surface area contributed by atoms with Crippen molar-refractivity contribution in [3.8, 4) is 5.75 Å². The molecule has 0 radical (unpaired) electrons. The molecule has 0 bridgehead atoms. The van der Waals surface area contributed by atoms with Crippen LogP contribution in [-0.4, -0.2) is 38.9 Å². The molecule has 2 rings (SSSR count). The van der Waals surface area contributed by atoms with E-state index in [4.69, 9.17) is 14.2 Å². The number of hydrogen-bond acceptors (Lipinski definition) is 5. The lowest BCUT2D eigenvalue weighted by Gasteiger charge is -2.22. The number of benzene rings is 1. The summed E-state index contributed by atoms with van der Waals surface area (Å²) in [5.41, 5.74) is 0.948. The molecule has 116 valence electrons. The van der Waals surface area contributed by atoms with Gasteiger partial charge in [0.05, 0.1) is 26.2 Å². The summed E-state index contributed by atoms with van der Waals surface area (Å²) in [7, 11) is 1.62. The first-order valence-electron chi connectivity index (χ1n) is 7.39. The summed E-state index contributed by atoms with van der Waals surface area (Å²) in [5, 5.41) is 3.28. The monoisotopic (exact) mass is 293 g/mol. The molecule has 1 aromatic carbocycles. The van der Waals surface area contributed by atoms with Gasteiger partial charge in [0.25, 0.3) is 0 Å². The van der Waals surface area contributed by atoms with Crippen molar-refractivity contribution in [2.45, 2.75) is 32.0 Å². The lowest BCUT2D eigenvalue weighted by atomic mass is 10.1. The highest BCUT2D eigenvalue weighted by molar-refractivity contribution is 5.69. The van der Waals surface area contributed by atoms with Gasteiger partial charge in [-0.25, -0.2) is 0 Å². The Morgan fingerprint density at radius 1 is 1.24 bits per heavy atom. The van der Waals surface area contributed by atoms with Crippen molar-refractivity contribution in [2.75, 3.05) is 26.8 Å². The zero-order chi connectivity index (χ0) is 14.9. The number of nitrogens with one attached hydrogen (secondary N) is 1. The number of piperidine rings is 1. The maximum Gasteiger partial charge on any atom is 0.308 e. The first kappa shape index (κ1) is 15.8. The molecule has 1 aromatic rings. The Balaban J connectivity index is 1.60. The molecule has 0 aromatic heterocycles. The number of methoxy groups -OCH3 is 1. The number of carbonyl (C=O) groups excluding carboxylic acids is 1. The van der Waals surface area contributed by atoms with Crippen LogP contribution in [0.5, 0.6) is 5.75 Å². The second-order valence-electron chi connectivity index (χ2n) is 5.08. The Morgan fingerprint density at radius 2 is 1.95 bits per heavy atom. The minimum absolute atomic E-state index is 0.222. The van der Waals surface area contributed by atoms with Crippen molar-refractivity contribution in [1.82, 2.24) is 5.32 Å². The SMILES string of the molecule is COc1ccc(COC(=O)CCOC2CCNCC2)cc1. The van der Waals surface area contributed by atoms with Crippen LogP contribution in [0.2, 0.25) is 0 Å². The van der Waals surface area contributed by atoms with E-state index in [0.29, 0.717) is 13.0 Å². The van der Waals surface area contributed by atoms with Crippen LogP contribution >= 0.6 is 0 Å². The number of esters is 1. The summed E-state index contributed by atoms with van der Waals surface area (Å²) in [6.45, 7) is 2.71. The fourth-order valence-electron chi connectivity index (χ4n) is 2.23. The molecule has 0 unspecified atom stereocenters. The van der Waals surface area contributed by atoms with E-state index < -0.39 is 0 Å². The highest BCUT2D eigenvalue weighted by atomic mass is 16.5. The fraction of sp³-hybridized carbons (Fsp3) is 0.562. The van der Waals surface area contributed by atoms with Gasteiger partial charge in [0.2, 0.25) is 0 Å². The van der Waals surface area contributed by atoms with Crippen molar-refractivity contribution < 1.29 is 19.0 Å². The van der Waals surface area contributed by atoms with Crippen LogP contribution in [0.15, 0.2) is 24.3 Å². The molecule has 1 aliphatic heterocycles. The first-order valence-corrected chi connectivity index (χ1v) is 7.39. The van der Waals surface area contributed by atoms with Gasteiger partial charge in [-0.1, -0.05) is 12.1 Å². The van der Waals surface area contributed by atoms with Gasteiger partial charge in [-0.2, -0.15) is 0 Å². The van der Waals surface area contributed by atoms with E-state index in [2.05, 4.69) is 5.32 Å². The van der Waals surface area contributed by atoms with E-state index in [0.717, 1.165) is 37.2 Å². The third kappa shape index (κ3) is 5.73. The average Bonchev–Trinajstić information content (AvgIpc) is 2.54. The Kier molecular flexibility index (Phi) is 6.50. The van der Waals surface area contributed by atoms with Gasteiger partial charge < -0.3 is 19.5 Å². The second kappa shape index (κ2) is 8.64. The summed E-state index contributed by atoms with van der Waals surface area (Å²) >= 11 is 0. The van der Waals surface area contributed by atoms with Gasteiger partial charge in [-0.15, -0.1) is 0 Å². The Hall–Kier alpha value is -1.59. The molecular formula is C16H23NO4. The zero-order valence-corrected chi connectivity index (χ0v) is 12.5. The minimum atomic E-state index is -0.222. The Bertz CT molecular complexity index is 426. The third-order valence-corrected chi connectivity index (χ3v) is 3.50. The molecule has 0 aliphatic carbocycles. The average molecular weight is 293 g/mol. The van der Waals surface area contributed by atoms with Crippen LogP contribution in [0.4, 0.5) is 0 Å². The van der Waals surface area contributed by atoms with E-state index in [-0.39, 0.29) is 18.7 Å². The Labute approximate surface area is 125 Å². The van der Waals surface area contributed by atoms with Crippen molar-refractivity contribution in [2.24, 2.45) is 0 Å². The summed E-state index contributed by atoms with van der Waals surface area (Å²) in [6.07, 6.45) is 2.61. The summed E-state index contributed by atoms with van der Waals surface area (Å²) in [5.74, 6) is 0.570. The first-order chi connectivity index (χ1) is 10.3. The second-order valence-corrected chi connectivity index (χ2v) is 5.08. The van der Waals surface area contributed by atoms with Crippen LogP contribution in [0.3, 0.4) is 0 Å². The van der Waals surface area contributed by atoms with Crippen molar-refractivity contribution in [3.63, 3.8) is 0 Å². The van der Waals surface area contributed by atoms with Crippen molar-refractivity contribution in [3.05, 3.63) is 29.8 Å². The topological polar surface area (TPSA) is 56.8 Å². The molecule has 1 N–H and O–H groups in total. The molecule has 21 heavy (non-hydrogen) atoms. The smallest absolute Gasteiger partial charge is 0.308 e.